The summed E-state index contributed by atoms with van der Waals surface area (Å²) in [6.07, 6.45) is 10.9. The van der Waals surface area contributed by atoms with Crippen molar-refractivity contribution >= 4 is 11.6 Å². The molecule has 0 N–H and O–H groups in total. The predicted molar refractivity (Wildman–Crippen MR) is 90.9 cm³/mol. The van der Waals surface area contributed by atoms with Crippen LogP contribution in [0.1, 0.15) is 72.1 Å². The van der Waals surface area contributed by atoms with Gasteiger partial charge in [0.15, 0.2) is 5.78 Å². The summed E-state index contributed by atoms with van der Waals surface area (Å²) >= 11 is 0. The van der Waals surface area contributed by atoms with Gasteiger partial charge in [-0.25, -0.2) is 0 Å². The number of hydrogen-bond acceptors (Lipinski definition) is 2. The average molecular weight is 314 g/mol. The molecule has 4 aliphatic rings. The molecular formula is C21H30O2. The molecule has 4 rings (SSSR count). The molecule has 2 heteroatoms. The number of carbonyl (C=O) groups is 2. The highest BCUT2D eigenvalue weighted by molar-refractivity contribution is 5.91. The minimum atomic E-state index is 0.211. The summed E-state index contributed by atoms with van der Waals surface area (Å²) in [7, 11) is 0. The summed E-state index contributed by atoms with van der Waals surface area (Å²) < 4.78 is 0. The number of Topliss-reactive ketones (excluding diaryl/α,β-unsaturated/α-hetero) is 1. The lowest BCUT2D eigenvalue weighted by Crippen LogP contribution is -2.54. The number of allylic oxidation sites excluding steroid dienone is 1. The van der Waals surface area contributed by atoms with Crippen LogP contribution in [0.2, 0.25) is 0 Å². The van der Waals surface area contributed by atoms with E-state index in [0.29, 0.717) is 28.8 Å². The zero-order valence-electron chi connectivity index (χ0n) is 14.9. The van der Waals surface area contributed by atoms with Gasteiger partial charge in [-0.1, -0.05) is 19.4 Å². The van der Waals surface area contributed by atoms with E-state index < -0.39 is 0 Å². The first-order valence-corrected chi connectivity index (χ1v) is 9.61. The number of fused-ring (bicyclic) bond motifs is 5. The molecule has 6 unspecified atom stereocenters. The predicted octanol–water partition coefficient (Wildman–Crippen LogP) is 4.72. The van der Waals surface area contributed by atoms with Gasteiger partial charge in [-0.05, 0) is 86.5 Å². The summed E-state index contributed by atoms with van der Waals surface area (Å²) in [5.41, 5.74) is 1.97. The topological polar surface area (TPSA) is 34.1 Å². The van der Waals surface area contributed by atoms with Crippen molar-refractivity contribution in [1.29, 1.82) is 0 Å². The minimum absolute atomic E-state index is 0.211. The van der Waals surface area contributed by atoms with Crippen molar-refractivity contribution in [3.63, 3.8) is 0 Å². The normalized spacial score (nSPS) is 49.0. The van der Waals surface area contributed by atoms with Gasteiger partial charge in [0.1, 0.15) is 5.78 Å². The van der Waals surface area contributed by atoms with Crippen molar-refractivity contribution in [2.45, 2.75) is 72.1 Å². The highest BCUT2D eigenvalue weighted by Crippen LogP contribution is 2.68. The SMILES string of the molecule is CC(=O)C1CCC2C1CCC1(C)C2CCC2=CC(=O)CCC21C. The third-order valence-electron chi connectivity index (χ3n) is 8.63. The van der Waals surface area contributed by atoms with E-state index >= 15 is 0 Å². The zero-order chi connectivity index (χ0) is 16.4. The third-order valence-corrected chi connectivity index (χ3v) is 8.63. The Bertz CT molecular complexity index is 589. The fourth-order valence-corrected chi connectivity index (χ4v) is 7.13. The summed E-state index contributed by atoms with van der Waals surface area (Å²) in [5.74, 6) is 3.24. The fourth-order valence-electron chi connectivity index (χ4n) is 7.13. The number of rotatable bonds is 1. The Hall–Kier alpha value is -0.920. The molecule has 0 aromatic carbocycles. The monoisotopic (exact) mass is 314 g/mol. The molecule has 0 bridgehead atoms. The van der Waals surface area contributed by atoms with E-state index in [1.165, 1.54) is 31.3 Å². The van der Waals surface area contributed by atoms with Gasteiger partial charge in [0, 0.05) is 12.3 Å². The fraction of sp³-hybridized carbons (Fsp3) is 0.810. The van der Waals surface area contributed by atoms with E-state index in [1.807, 2.05) is 6.08 Å². The van der Waals surface area contributed by atoms with E-state index in [-0.39, 0.29) is 5.41 Å². The van der Waals surface area contributed by atoms with Gasteiger partial charge in [0.25, 0.3) is 0 Å². The largest absolute Gasteiger partial charge is 0.300 e. The van der Waals surface area contributed by atoms with Crippen molar-refractivity contribution in [3.8, 4) is 0 Å². The summed E-state index contributed by atoms with van der Waals surface area (Å²) in [5, 5.41) is 0. The van der Waals surface area contributed by atoms with Crippen LogP contribution in [-0.2, 0) is 9.59 Å². The van der Waals surface area contributed by atoms with Gasteiger partial charge in [0.2, 0.25) is 0 Å². The van der Waals surface area contributed by atoms with Crippen LogP contribution in [0.3, 0.4) is 0 Å². The van der Waals surface area contributed by atoms with Gasteiger partial charge in [0.05, 0.1) is 0 Å². The minimum Gasteiger partial charge on any atom is -0.300 e. The quantitative estimate of drug-likeness (QED) is 0.701. The lowest BCUT2D eigenvalue weighted by atomic mass is 9.42. The molecule has 0 aromatic rings. The Balaban J connectivity index is 1.69. The molecule has 3 fully saturated rings. The number of carbonyl (C=O) groups excluding carboxylic acids is 2. The molecule has 2 nitrogen and oxygen atoms in total. The maximum absolute atomic E-state index is 12.0. The van der Waals surface area contributed by atoms with Crippen LogP contribution in [-0.4, -0.2) is 11.6 Å². The molecule has 0 aromatic heterocycles. The van der Waals surface area contributed by atoms with Crippen LogP contribution < -0.4 is 0 Å². The van der Waals surface area contributed by atoms with E-state index in [2.05, 4.69) is 13.8 Å². The molecule has 0 heterocycles. The lowest BCUT2D eigenvalue weighted by Gasteiger charge is -2.62. The van der Waals surface area contributed by atoms with Crippen LogP contribution in [0.4, 0.5) is 0 Å². The first kappa shape index (κ1) is 15.6. The van der Waals surface area contributed by atoms with Crippen molar-refractivity contribution in [2.24, 2.45) is 34.5 Å². The van der Waals surface area contributed by atoms with Gasteiger partial charge < -0.3 is 0 Å². The van der Waals surface area contributed by atoms with Crippen molar-refractivity contribution in [2.75, 3.05) is 0 Å². The second-order valence-corrected chi connectivity index (χ2v) is 9.19. The van der Waals surface area contributed by atoms with Crippen LogP contribution >= 0.6 is 0 Å². The molecule has 23 heavy (non-hydrogen) atoms. The van der Waals surface area contributed by atoms with Crippen LogP contribution in [0.5, 0.6) is 0 Å². The Morgan fingerprint density at radius 1 is 1.04 bits per heavy atom. The number of ketones is 2. The van der Waals surface area contributed by atoms with Crippen LogP contribution in [0.15, 0.2) is 11.6 Å². The smallest absolute Gasteiger partial charge is 0.155 e. The molecule has 126 valence electrons. The van der Waals surface area contributed by atoms with Crippen molar-refractivity contribution < 1.29 is 9.59 Å². The molecule has 3 saturated carbocycles. The van der Waals surface area contributed by atoms with Gasteiger partial charge >= 0.3 is 0 Å². The van der Waals surface area contributed by atoms with Crippen molar-refractivity contribution in [3.05, 3.63) is 11.6 Å². The first-order chi connectivity index (χ1) is 10.9. The third kappa shape index (κ3) is 1.99. The Kier molecular flexibility index (Phi) is 3.42. The number of hydrogen-bond donors (Lipinski definition) is 0. The van der Waals surface area contributed by atoms with Crippen LogP contribution in [0.25, 0.3) is 0 Å². The Labute approximate surface area is 140 Å². The molecule has 4 aliphatic carbocycles. The summed E-state index contributed by atoms with van der Waals surface area (Å²) in [4.78, 5) is 23.9. The van der Waals surface area contributed by atoms with Crippen LogP contribution in [0, 0.1) is 34.5 Å². The van der Waals surface area contributed by atoms with Gasteiger partial charge in [-0.2, -0.15) is 0 Å². The maximum atomic E-state index is 12.0. The zero-order valence-corrected chi connectivity index (χ0v) is 14.9. The summed E-state index contributed by atoms with van der Waals surface area (Å²) in [6.45, 7) is 6.75. The van der Waals surface area contributed by atoms with E-state index in [9.17, 15) is 9.59 Å². The summed E-state index contributed by atoms with van der Waals surface area (Å²) in [6, 6.07) is 0. The van der Waals surface area contributed by atoms with E-state index in [1.54, 1.807) is 6.92 Å². The standard InChI is InChI=1S/C21H30O2/c1-13(22)16-5-6-18-17(16)9-11-21(3)19(18)7-4-14-12-15(23)8-10-20(14,21)2/h12,16-19H,4-11H2,1-3H3. The second kappa shape index (κ2) is 5.04. The molecule has 0 saturated heterocycles. The lowest BCUT2D eigenvalue weighted by molar-refractivity contribution is -0.128. The molecule has 0 radical (unpaired) electrons. The van der Waals surface area contributed by atoms with E-state index in [0.717, 1.165) is 37.5 Å². The Morgan fingerprint density at radius 2 is 1.83 bits per heavy atom. The van der Waals surface area contributed by atoms with Crippen molar-refractivity contribution in [1.82, 2.24) is 0 Å². The molecule has 0 aliphatic heterocycles. The maximum Gasteiger partial charge on any atom is 0.155 e. The highest BCUT2D eigenvalue weighted by atomic mass is 16.1. The molecule has 0 amide bonds. The highest BCUT2D eigenvalue weighted by Gasteiger charge is 2.61. The molecule has 6 atom stereocenters. The Morgan fingerprint density at radius 3 is 2.57 bits per heavy atom. The van der Waals surface area contributed by atoms with Gasteiger partial charge in [-0.15, -0.1) is 0 Å². The van der Waals surface area contributed by atoms with E-state index in [4.69, 9.17) is 0 Å². The average Bonchev–Trinajstić information content (AvgIpc) is 2.93. The second-order valence-electron chi connectivity index (χ2n) is 9.19. The van der Waals surface area contributed by atoms with Gasteiger partial charge in [-0.3, -0.25) is 9.59 Å². The first-order valence-electron chi connectivity index (χ1n) is 9.61. The molecular weight excluding hydrogens is 284 g/mol. The molecule has 0 spiro atoms.